The summed E-state index contributed by atoms with van der Waals surface area (Å²) in [5.41, 5.74) is 1.54. The topological polar surface area (TPSA) is 112 Å². The van der Waals surface area contributed by atoms with E-state index in [9.17, 15) is 29.4 Å². The first-order valence-electron chi connectivity index (χ1n) is 16.9. The number of halogens is 1. The molecule has 1 heterocycles. The number of Topliss-reactive ketones (excluding diaryl/α,β-unsaturated/α-hetero) is 1. The summed E-state index contributed by atoms with van der Waals surface area (Å²) < 4.78 is 15.2. The summed E-state index contributed by atoms with van der Waals surface area (Å²) in [7, 11) is 0. The summed E-state index contributed by atoms with van der Waals surface area (Å²) >= 11 is 0. The van der Waals surface area contributed by atoms with Crippen molar-refractivity contribution in [3.63, 3.8) is 0 Å². The van der Waals surface area contributed by atoms with Crippen molar-refractivity contribution >= 4 is 29.0 Å². The Balaban J connectivity index is 1.29. The highest BCUT2D eigenvalue weighted by atomic mass is 19.1. The van der Waals surface area contributed by atoms with Gasteiger partial charge in [-0.05, 0) is 66.1 Å². The summed E-state index contributed by atoms with van der Waals surface area (Å²) in [6, 6.07) is 28.8. The van der Waals surface area contributed by atoms with Crippen LogP contribution in [0.5, 0.6) is 11.5 Å². The third-order valence-corrected chi connectivity index (χ3v) is 11.4. The monoisotopic (exact) mass is 667 g/mol. The molecule has 7 nitrogen and oxygen atoms in total. The molecule has 1 aliphatic heterocycles. The lowest BCUT2D eigenvalue weighted by molar-refractivity contribution is -0.140. The average Bonchev–Trinajstić information content (AvgIpc) is 3.38. The quantitative estimate of drug-likeness (QED) is 0.184. The van der Waals surface area contributed by atoms with E-state index in [1.54, 1.807) is 78.9 Å². The molecule has 0 spiro atoms. The Bertz CT molecular complexity index is 2110. The Hall–Kier alpha value is -5.63. The molecule has 0 radical (unpaired) electrons. The van der Waals surface area contributed by atoms with Crippen LogP contribution in [-0.4, -0.2) is 45.0 Å². The minimum Gasteiger partial charge on any atom is -0.508 e. The van der Waals surface area contributed by atoms with E-state index in [1.807, 2.05) is 18.2 Å². The van der Waals surface area contributed by atoms with Crippen LogP contribution in [-0.2, 0) is 31.0 Å². The molecule has 4 aromatic rings. The average molecular weight is 668 g/mol. The van der Waals surface area contributed by atoms with Crippen LogP contribution in [0.25, 0.3) is 5.57 Å². The number of nitrogens with zero attached hydrogens (tertiary/aromatic N) is 1. The molecule has 2 fully saturated rings. The number of aromatic hydroxyl groups is 2. The number of fused-ring (bicyclic) bond motifs is 4. The highest BCUT2D eigenvalue weighted by Gasteiger charge is 2.66. The van der Waals surface area contributed by atoms with E-state index in [1.165, 1.54) is 17.0 Å². The summed E-state index contributed by atoms with van der Waals surface area (Å²) in [6.07, 6.45) is 4.04. The Labute approximate surface area is 288 Å². The van der Waals surface area contributed by atoms with Crippen molar-refractivity contribution in [1.29, 1.82) is 0 Å². The third kappa shape index (κ3) is 4.69. The summed E-state index contributed by atoms with van der Waals surface area (Å²) in [5.74, 6) is -6.63. The Morgan fingerprint density at radius 2 is 1.48 bits per heavy atom. The van der Waals surface area contributed by atoms with Crippen LogP contribution in [0.2, 0.25) is 0 Å². The van der Waals surface area contributed by atoms with E-state index in [4.69, 9.17) is 0 Å². The number of allylic oxidation sites excluding steroid dienone is 4. The lowest BCUT2D eigenvalue weighted by Gasteiger charge is -2.55. The van der Waals surface area contributed by atoms with E-state index in [0.29, 0.717) is 23.1 Å². The van der Waals surface area contributed by atoms with E-state index in [-0.39, 0.29) is 59.7 Å². The molecule has 2 N–H and O–H groups in total. The normalized spacial score (nSPS) is 27.3. The number of rotatable bonds is 6. The second kappa shape index (κ2) is 12.1. The number of para-hydroxylation sites is 1. The van der Waals surface area contributed by atoms with Gasteiger partial charge in [0.15, 0.2) is 23.1 Å². The molecule has 1 saturated heterocycles. The number of carbonyl (C=O) groups excluding carboxylic acids is 4. The molecule has 1 saturated carbocycles. The highest BCUT2D eigenvalue weighted by molar-refractivity contribution is 6.31. The van der Waals surface area contributed by atoms with Crippen LogP contribution in [0.1, 0.15) is 41.0 Å². The zero-order valence-electron chi connectivity index (χ0n) is 27.0. The van der Waals surface area contributed by atoms with E-state index < -0.39 is 46.6 Å². The second-order valence-electron chi connectivity index (χ2n) is 13.7. The van der Waals surface area contributed by atoms with Crippen molar-refractivity contribution in [3.8, 4) is 11.5 Å². The molecule has 0 bridgehead atoms. The van der Waals surface area contributed by atoms with Crippen molar-refractivity contribution < 1.29 is 33.8 Å². The van der Waals surface area contributed by atoms with Gasteiger partial charge in [-0.2, -0.15) is 0 Å². The van der Waals surface area contributed by atoms with Gasteiger partial charge in [-0.15, -0.1) is 0 Å². The molecule has 6 atom stereocenters. The minimum atomic E-state index is -1.55. The summed E-state index contributed by atoms with van der Waals surface area (Å²) in [4.78, 5) is 59.5. The number of hydrogen-bond donors (Lipinski definition) is 2. The molecule has 0 aromatic heterocycles. The fourth-order valence-electron chi connectivity index (χ4n) is 9.17. The number of likely N-dealkylation sites (tertiary alicyclic amines) is 1. The molecule has 8 heteroatoms. The van der Waals surface area contributed by atoms with Gasteiger partial charge in [-0.3, -0.25) is 24.1 Å². The number of phenols is 2. The van der Waals surface area contributed by atoms with E-state index in [2.05, 4.69) is 0 Å². The molecular formula is C42H34FNO6. The maximum Gasteiger partial charge on any atom is 0.233 e. The predicted octanol–water partition coefficient (Wildman–Crippen LogP) is 6.30. The lowest BCUT2D eigenvalue weighted by Crippen LogP contribution is -2.58. The molecule has 4 aliphatic rings. The number of amides is 2. The van der Waals surface area contributed by atoms with E-state index in [0.717, 1.165) is 11.6 Å². The Morgan fingerprint density at radius 1 is 0.780 bits per heavy atom. The molecule has 2 amide bonds. The van der Waals surface area contributed by atoms with Crippen LogP contribution in [0.15, 0.2) is 121 Å². The fourth-order valence-corrected chi connectivity index (χ4v) is 9.17. The third-order valence-electron chi connectivity index (χ3n) is 11.4. The number of ketones is 2. The zero-order valence-corrected chi connectivity index (χ0v) is 27.0. The SMILES string of the molecule is O=C1C(c2ccccc2)=CC(=O)C2(c3ccccc3)C1CC1C(=CCC3C(=O)N(CCc4ccc(O)cc4)C(=O)C31)C2c1cccc(F)c1O. The summed E-state index contributed by atoms with van der Waals surface area (Å²) in [5, 5.41) is 21.0. The van der Waals surface area contributed by atoms with Gasteiger partial charge >= 0.3 is 0 Å². The molecular weight excluding hydrogens is 633 g/mol. The predicted molar refractivity (Wildman–Crippen MR) is 183 cm³/mol. The molecule has 4 aromatic carbocycles. The highest BCUT2D eigenvalue weighted by Crippen LogP contribution is 2.64. The van der Waals surface area contributed by atoms with Crippen molar-refractivity contribution in [2.75, 3.05) is 6.54 Å². The Morgan fingerprint density at radius 3 is 2.20 bits per heavy atom. The fraction of sp³-hybridized carbons (Fsp3) is 0.238. The lowest BCUT2D eigenvalue weighted by atomic mass is 9.44. The number of phenolic OH excluding ortho intramolecular Hbond substituents is 2. The molecule has 8 rings (SSSR count). The van der Waals surface area contributed by atoms with Crippen molar-refractivity contribution in [1.82, 2.24) is 4.90 Å². The first-order valence-corrected chi connectivity index (χ1v) is 16.9. The van der Waals surface area contributed by atoms with Crippen LogP contribution in [0.4, 0.5) is 4.39 Å². The standard InChI is InChI=1S/C42H34FNO6/c43-34-13-7-12-30(39(34)48)37-28-18-19-29-36(41(50)44(40(29)49)21-20-24-14-16-27(45)17-15-24)32(28)22-33-38(47)31(25-8-3-1-4-9-25)23-35(46)42(33,37)26-10-5-2-6-11-26/h1-18,23,29,32-33,36-37,45,48H,19-22H2. The molecule has 250 valence electrons. The molecule has 6 unspecified atom stereocenters. The van der Waals surface area contributed by atoms with Gasteiger partial charge < -0.3 is 10.2 Å². The number of imide groups is 1. The number of hydrogen-bond acceptors (Lipinski definition) is 6. The maximum absolute atomic E-state index is 15.2. The van der Waals surface area contributed by atoms with Crippen LogP contribution in [0.3, 0.4) is 0 Å². The molecule has 50 heavy (non-hydrogen) atoms. The van der Waals surface area contributed by atoms with Gasteiger partial charge in [0.1, 0.15) is 5.75 Å². The number of carbonyl (C=O) groups is 4. The van der Waals surface area contributed by atoms with Crippen molar-refractivity contribution in [2.45, 2.75) is 30.6 Å². The van der Waals surface area contributed by atoms with Gasteiger partial charge in [-0.1, -0.05) is 96.6 Å². The van der Waals surface area contributed by atoms with Gasteiger partial charge in [0.25, 0.3) is 0 Å². The second-order valence-corrected chi connectivity index (χ2v) is 13.7. The minimum absolute atomic E-state index is 0.119. The van der Waals surface area contributed by atoms with Crippen LogP contribution >= 0.6 is 0 Å². The summed E-state index contributed by atoms with van der Waals surface area (Å²) in [6.45, 7) is 0.154. The first-order chi connectivity index (χ1) is 24.2. The van der Waals surface area contributed by atoms with Gasteiger partial charge in [0.2, 0.25) is 11.8 Å². The Kier molecular flexibility index (Phi) is 7.62. The number of benzene rings is 4. The first kappa shape index (κ1) is 31.6. The van der Waals surface area contributed by atoms with Crippen LogP contribution in [0, 0.1) is 29.5 Å². The maximum atomic E-state index is 15.2. The van der Waals surface area contributed by atoms with Crippen LogP contribution < -0.4 is 0 Å². The van der Waals surface area contributed by atoms with Crippen molar-refractivity contribution in [2.24, 2.45) is 23.7 Å². The smallest absolute Gasteiger partial charge is 0.233 e. The van der Waals surface area contributed by atoms with Gasteiger partial charge in [0.05, 0.1) is 17.3 Å². The molecule has 3 aliphatic carbocycles. The largest absolute Gasteiger partial charge is 0.508 e. The van der Waals surface area contributed by atoms with E-state index >= 15 is 4.39 Å². The zero-order chi connectivity index (χ0) is 34.7. The van der Waals surface area contributed by atoms with Gasteiger partial charge in [0, 0.05) is 29.5 Å². The van der Waals surface area contributed by atoms with Crippen molar-refractivity contribution in [3.05, 3.63) is 149 Å². The van der Waals surface area contributed by atoms with Gasteiger partial charge in [-0.25, -0.2) is 4.39 Å².